The number of benzene rings is 2. The summed E-state index contributed by atoms with van der Waals surface area (Å²) >= 11 is 0. The second kappa shape index (κ2) is 12.1. The summed E-state index contributed by atoms with van der Waals surface area (Å²) in [4.78, 5) is 31.7. The van der Waals surface area contributed by atoms with E-state index in [4.69, 9.17) is 9.47 Å². The van der Waals surface area contributed by atoms with E-state index in [0.29, 0.717) is 12.3 Å². The lowest BCUT2D eigenvalue weighted by atomic mass is 9.94. The number of esters is 1. The second-order valence-corrected chi connectivity index (χ2v) is 9.62. The molecule has 0 atom stereocenters. The van der Waals surface area contributed by atoms with Gasteiger partial charge in [-0.05, 0) is 74.2 Å². The number of aromatic nitrogens is 1. The zero-order chi connectivity index (χ0) is 27.2. The highest BCUT2D eigenvalue weighted by Gasteiger charge is 2.26. The van der Waals surface area contributed by atoms with Crippen LogP contribution in [0.1, 0.15) is 40.0 Å². The Morgan fingerprint density at radius 3 is 2.24 bits per heavy atom. The first-order valence-electron chi connectivity index (χ1n) is 12.9. The van der Waals surface area contributed by atoms with E-state index in [1.807, 2.05) is 38.2 Å². The first-order valence-corrected chi connectivity index (χ1v) is 12.9. The molecule has 3 aromatic rings. The molecule has 2 aromatic carbocycles. The van der Waals surface area contributed by atoms with Crippen LogP contribution in [0.5, 0.6) is 5.75 Å². The van der Waals surface area contributed by atoms with Gasteiger partial charge in [0.2, 0.25) is 0 Å². The molecule has 2 N–H and O–H groups in total. The minimum Gasteiger partial charge on any atom is -0.496 e. The van der Waals surface area contributed by atoms with E-state index < -0.39 is 0 Å². The Morgan fingerprint density at radius 2 is 1.63 bits per heavy atom. The first kappa shape index (κ1) is 27.1. The number of rotatable bonds is 8. The third kappa shape index (κ3) is 5.81. The van der Waals surface area contributed by atoms with Crippen LogP contribution in [-0.2, 0) is 16.1 Å². The highest BCUT2D eigenvalue weighted by atomic mass is 16.5. The molecule has 1 aromatic heterocycles. The summed E-state index contributed by atoms with van der Waals surface area (Å²) in [6, 6.07) is 13.8. The molecule has 4 rings (SSSR count). The molecule has 0 spiro atoms. The lowest BCUT2D eigenvalue weighted by Crippen LogP contribution is -2.36. The number of nitrogens with one attached hydrogen (secondary N) is 2. The standard InChI is InChI=1S/C30H36N4O4/c1-19-23(8-6-10-25(19)31-3)24-9-7-11-26(20(24)2)33-29(35)27-16-28(37-4)22(17-32-27)18-34-14-12-21(13-15-34)30(36)38-5/h6-11,16-17,21,31H,12-15,18H2,1-5H3,(H,33,35). The maximum absolute atomic E-state index is 13.2. The van der Waals surface area contributed by atoms with Crippen molar-refractivity contribution in [3.05, 3.63) is 71.0 Å². The molecule has 0 bridgehead atoms. The van der Waals surface area contributed by atoms with Crippen molar-refractivity contribution in [2.45, 2.75) is 33.2 Å². The Hall–Kier alpha value is -3.91. The van der Waals surface area contributed by atoms with Crippen molar-refractivity contribution in [1.29, 1.82) is 0 Å². The van der Waals surface area contributed by atoms with Gasteiger partial charge in [0.15, 0.2) is 0 Å². The Kier molecular flexibility index (Phi) is 8.63. The normalized spacial score (nSPS) is 14.1. The minimum atomic E-state index is -0.297. The van der Waals surface area contributed by atoms with Gasteiger partial charge in [0, 0.05) is 42.8 Å². The highest BCUT2D eigenvalue weighted by molar-refractivity contribution is 6.04. The molecule has 38 heavy (non-hydrogen) atoms. The summed E-state index contributed by atoms with van der Waals surface area (Å²) in [6.07, 6.45) is 3.23. The van der Waals surface area contributed by atoms with Crippen molar-refractivity contribution >= 4 is 23.3 Å². The Labute approximate surface area is 224 Å². The van der Waals surface area contributed by atoms with Crippen LogP contribution in [0.15, 0.2) is 48.7 Å². The number of likely N-dealkylation sites (tertiary alicyclic amines) is 1. The average Bonchev–Trinajstić information content (AvgIpc) is 2.94. The van der Waals surface area contributed by atoms with Crippen LogP contribution in [0.25, 0.3) is 11.1 Å². The van der Waals surface area contributed by atoms with E-state index in [-0.39, 0.29) is 23.5 Å². The second-order valence-electron chi connectivity index (χ2n) is 9.62. The SMILES string of the molecule is CNc1cccc(-c2cccc(NC(=O)c3cc(OC)c(CN4CCC(C(=O)OC)CC4)cn3)c2C)c1C. The molecule has 0 radical (unpaired) electrons. The summed E-state index contributed by atoms with van der Waals surface area (Å²) in [5, 5.41) is 6.26. The third-order valence-electron chi connectivity index (χ3n) is 7.39. The Bertz CT molecular complexity index is 1320. The number of methoxy groups -OCH3 is 2. The number of ether oxygens (including phenoxy) is 2. The van der Waals surface area contributed by atoms with Gasteiger partial charge in [-0.3, -0.25) is 19.5 Å². The van der Waals surface area contributed by atoms with Crippen molar-refractivity contribution in [2.75, 3.05) is 45.0 Å². The molecule has 0 saturated carbocycles. The molecule has 0 aliphatic carbocycles. The molecule has 8 heteroatoms. The Balaban J connectivity index is 1.48. The average molecular weight is 517 g/mol. The summed E-state index contributed by atoms with van der Waals surface area (Å²) in [5.41, 5.74) is 7.31. The van der Waals surface area contributed by atoms with Crippen LogP contribution in [0.2, 0.25) is 0 Å². The number of hydrogen-bond donors (Lipinski definition) is 2. The van der Waals surface area contributed by atoms with Crippen molar-refractivity contribution in [2.24, 2.45) is 5.92 Å². The van der Waals surface area contributed by atoms with Gasteiger partial charge >= 0.3 is 5.97 Å². The summed E-state index contributed by atoms with van der Waals surface area (Å²) in [7, 11) is 4.94. The zero-order valence-corrected chi connectivity index (χ0v) is 22.8. The van der Waals surface area contributed by atoms with E-state index in [0.717, 1.165) is 65.1 Å². The molecular weight excluding hydrogens is 480 g/mol. The summed E-state index contributed by atoms with van der Waals surface area (Å²) in [5.74, 6) is 0.141. The lowest BCUT2D eigenvalue weighted by molar-refractivity contribution is -0.147. The zero-order valence-electron chi connectivity index (χ0n) is 22.8. The first-order chi connectivity index (χ1) is 18.4. The monoisotopic (exact) mass is 516 g/mol. The predicted octanol–water partition coefficient (Wildman–Crippen LogP) is 5.05. The number of amides is 1. The quantitative estimate of drug-likeness (QED) is 0.405. The van der Waals surface area contributed by atoms with E-state index in [9.17, 15) is 9.59 Å². The van der Waals surface area contributed by atoms with Crippen molar-refractivity contribution in [1.82, 2.24) is 9.88 Å². The largest absolute Gasteiger partial charge is 0.496 e. The van der Waals surface area contributed by atoms with Crippen LogP contribution < -0.4 is 15.4 Å². The maximum Gasteiger partial charge on any atom is 0.308 e. The molecular formula is C30H36N4O4. The lowest BCUT2D eigenvalue weighted by Gasteiger charge is -2.30. The smallest absolute Gasteiger partial charge is 0.308 e. The van der Waals surface area contributed by atoms with Gasteiger partial charge in [-0.15, -0.1) is 0 Å². The van der Waals surface area contributed by atoms with Crippen molar-refractivity contribution in [3.63, 3.8) is 0 Å². The van der Waals surface area contributed by atoms with E-state index in [1.165, 1.54) is 7.11 Å². The van der Waals surface area contributed by atoms with Gasteiger partial charge in [-0.25, -0.2) is 0 Å². The minimum absolute atomic E-state index is 0.0412. The fraction of sp³-hybridized carbons (Fsp3) is 0.367. The van der Waals surface area contributed by atoms with Gasteiger partial charge in [0.05, 0.1) is 20.1 Å². The summed E-state index contributed by atoms with van der Waals surface area (Å²) < 4.78 is 10.5. The van der Waals surface area contributed by atoms with Gasteiger partial charge in [0.25, 0.3) is 5.91 Å². The van der Waals surface area contributed by atoms with E-state index in [1.54, 1.807) is 19.4 Å². The number of piperidine rings is 1. The van der Waals surface area contributed by atoms with Crippen LogP contribution in [0.4, 0.5) is 11.4 Å². The number of nitrogens with zero attached hydrogens (tertiary/aromatic N) is 2. The van der Waals surface area contributed by atoms with Crippen molar-refractivity contribution in [3.8, 4) is 16.9 Å². The van der Waals surface area contributed by atoms with Gasteiger partial charge < -0.3 is 20.1 Å². The number of anilines is 2. The molecule has 1 saturated heterocycles. The summed E-state index contributed by atoms with van der Waals surface area (Å²) in [6.45, 7) is 6.31. The van der Waals surface area contributed by atoms with Gasteiger partial charge in [0.1, 0.15) is 11.4 Å². The molecule has 200 valence electrons. The molecule has 2 heterocycles. The third-order valence-corrected chi connectivity index (χ3v) is 7.39. The van der Waals surface area contributed by atoms with E-state index >= 15 is 0 Å². The fourth-order valence-corrected chi connectivity index (χ4v) is 5.08. The number of carbonyl (C=O) groups excluding carboxylic acids is 2. The fourth-order valence-electron chi connectivity index (χ4n) is 5.08. The van der Waals surface area contributed by atoms with Gasteiger partial charge in [-0.1, -0.05) is 24.3 Å². The molecule has 1 amide bonds. The molecule has 0 unspecified atom stereocenters. The number of carbonyl (C=O) groups is 2. The van der Waals surface area contributed by atoms with Crippen LogP contribution in [0, 0.1) is 19.8 Å². The highest BCUT2D eigenvalue weighted by Crippen LogP contribution is 2.34. The van der Waals surface area contributed by atoms with E-state index in [2.05, 4.69) is 39.6 Å². The van der Waals surface area contributed by atoms with Crippen LogP contribution >= 0.6 is 0 Å². The molecule has 8 nitrogen and oxygen atoms in total. The topological polar surface area (TPSA) is 92.8 Å². The maximum atomic E-state index is 13.2. The number of hydrogen-bond acceptors (Lipinski definition) is 7. The van der Waals surface area contributed by atoms with Crippen LogP contribution in [-0.4, -0.2) is 56.1 Å². The molecule has 1 aliphatic heterocycles. The predicted molar refractivity (Wildman–Crippen MR) is 150 cm³/mol. The van der Waals surface area contributed by atoms with Gasteiger partial charge in [-0.2, -0.15) is 0 Å². The molecule has 1 fully saturated rings. The van der Waals surface area contributed by atoms with Crippen LogP contribution in [0.3, 0.4) is 0 Å². The Morgan fingerprint density at radius 1 is 1.00 bits per heavy atom. The molecule has 1 aliphatic rings. The number of pyridine rings is 1. The van der Waals surface area contributed by atoms with Crippen molar-refractivity contribution < 1.29 is 19.1 Å².